The summed E-state index contributed by atoms with van der Waals surface area (Å²) in [5, 5.41) is 0. The number of hydrogen-bond acceptors (Lipinski definition) is 2. The van der Waals surface area contributed by atoms with Crippen molar-refractivity contribution in [1.29, 1.82) is 0 Å². The minimum absolute atomic E-state index is 0.00348. The second kappa shape index (κ2) is 5.82. The first-order valence-corrected chi connectivity index (χ1v) is 5.79. The summed E-state index contributed by atoms with van der Waals surface area (Å²) < 4.78 is 5.64. The van der Waals surface area contributed by atoms with Gasteiger partial charge in [0.15, 0.2) is 5.78 Å². The molecular formula is C16H14O2. The molecule has 0 heterocycles. The third-order valence-corrected chi connectivity index (χ3v) is 2.44. The van der Waals surface area contributed by atoms with Crippen LogP contribution in [0, 0.1) is 0 Å². The Hall–Kier alpha value is -2.35. The molecule has 0 radical (unpaired) electrons. The van der Waals surface area contributed by atoms with E-state index in [1.54, 1.807) is 36.4 Å². The van der Waals surface area contributed by atoms with Crippen LogP contribution < -0.4 is 4.74 Å². The molecule has 0 aliphatic rings. The highest BCUT2D eigenvalue weighted by atomic mass is 16.5. The van der Waals surface area contributed by atoms with Gasteiger partial charge in [0.25, 0.3) is 0 Å². The minimum Gasteiger partial charge on any atom is -0.457 e. The van der Waals surface area contributed by atoms with Crippen LogP contribution in [0.15, 0.2) is 66.7 Å². The number of rotatable bonds is 4. The van der Waals surface area contributed by atoms with E-state index in [2.05, 4.69) is 0 Å². The lowest BCUT2D eigenvalue weighted by atomic mass is 10.1. The number of carbonyl (C=O) groups excluding carboxylic acids is 1. The molecule has 0 amide bonds. The van der Waals surface area contributed by atoms with E-state index in [4.69, 9.17) is 4.74 Å². The second-order valence-corrected chi connectivity index (χ2v) is 3.80. The fraction of sp³-hybridized carbons (Fsp3) is 0.0625. The van der Waals surface area contributed by atoms with Crippen LogP contribution in [0.3, 0.4) is 0 Å². The van der Waals surface area contributed by atoms with Gasteiger partial charge in [0.05, 0.1) is 0 Å². The molecule has 0 atom stereocenters. The molecule has 0 bridgehead atoms. The van der Waals surface area contributed by atoms with Crippen LogP contribution in [-0.4, -0.2) is 5.78 Å². The molecule has 0 N–H and O–H groups in total. The van der Waals surface area contributed by atoms with Gasteiger partial charge in [-0.25, -0.2) is 0 Å². The fourth-order valence-electron chi connectivity index (χ4n) is 1.56. The summed E-state index contributed by atoms with van der Waals surface area (Å²) in [6.07, 6.45) is 3.28. The number of allylic oxidation sites excluding steroid dienone is 2. The lowest BCUT2D eigenvalue weighted by molar-refractivity contribution is 0.104. The summed E-state index contributed by atoms with van der Waals surface area (Å²) in [4.78, 5) is 11.6. The van der Waals surface area contributed by atoms with E-state index in [-0.39, 0.29) is 5.78 Å². The van der Waals surface area contributed by atoms with Gasteiger partial charge in [-0.15, -0.1) is 0 Å². The van der Waals surface area contributed by atoms with Crippen molar-refractivity contribution in [1.82, 2.24) is 0 Å². The molecule has 0 aliphatic carbocycles. The van der Waals surface area contributed by atoms with Crippen LogP contribution >= 0.6 is 0 Å². The van der Waals surface area contributed by atoms with Crippen molar-refractivity contribution in [2.24, 2.45) is 0 Å². The zero-order chi connectivity index (χ0) is 12.8. The predicted octanol–water partition coefficient (Wildman–Crippen LogP) is 4.24. The molecule has 0 saturated carbocycles. The molecular weight excluding hydrogens is 224 g/mol. The summed E-state index contributed by atoms with van der Waals surface area (Å²) in [6, 6.07) is 16.7. The van der Waals surface area contributed by atoms with Gasteiger partial charge in [-0.05, 0) is 49.4 Å². The van der Waals surface area contributed by atoms with Crippen molar-refractivity contribution in [3.63, 3.8) is 0 Å². The lowest BCUT2D eigenvalue weighted by Gasteiger charge is -2.05. The summed E-state index contributed by atoms with van der Waals surface area (Å²) in [5.41, 5.74) is 0.661. The third-order valence-electron chi connectivity index (χ3n) is 2.44. The molecule has 2 heteroatoms. The lowest BCUT2D eigenvalue weighted by Crippen LogP contribution is -1.93. The molecule has 0 aliphatic heterocycles. The number of ketones is 1. The molecule has 0 aromatic heterocycles. The molecule has 2 rings (SSSR count). The maximum absolute atomic E-state index is 11.6. The molecule has 2 nitrogen and oxygen atoms in total. The van der Waals surface area contributed by atoms with Crippen molar-refractivity contribution < 1.29 is 9.53 Å². The first kappa shape index (κ1) is 12.1. The Morgan fingerprint density at radius 2 is 1.56 bits per heavy atom. The Balaban J connectivity index is 2.11. The van der Waals surface area contributed by atoms with E-state index < -0.39 is 0 Å². The van der Waals surface area contributed by atoms with Gasteiger partial charge in [-0.1, -0.05) is 24.3 Å². The van der Waals surface area contributed by atoms with E-state index in [0.717, 1.165) is 11.5 Å². The zero-order valence-electron chi connectivity index (χ0n) is 10.2. The zero-order valence-corrected chi connectivity index (χ0v) is 10.2. The molecule has 18 heavy (non-hydrogen) atoms. The Bertz CT molecular complexity index is 539. The fourth-order valence-corrected chi connectivity index (χ4v) is 1.56. The van der Waals surface area contributed by atoms with E-state index in [0.29, 0.717) is 5.56 Å². The summed E-state index contributed by atoms with van der Waals surface area (Å²) in [5.74, 6) is 1.51. The van der Waals surface area contributed by atoms with Gasteiger partial charge in [0.1, 0.15) is 11.5 Å². The van der Waals surface area contributed by atoms with Crippen LogP contribution in [0.2, 0.25) is 0 Å². The average Bonchev–Trinajstić information content (AvgIpc) is 2.41. The molecule has 0 spiro atoms. The van der Waals surface area contributed by atoms with E-state index >= 15 is 0 Å². The van der Waals surface area contributed by atoms with Crippen molar-refractivity contribution >= 4 is 5.78 Å². The molecule has 0 fully saturated rings. The van der Waals surface area contributed by atoms with E-state index in [9.17, 15) is 4.79 Å². The van der Waals surface area contributed by atoms with Crippen LogP contribution in [-0.2, 0) is 0 Å². The quantitative estimate of drug-likeness (QED) is 0.588. The average molecular weight is 238 g/mol. The molecule has 2 aromatic rings. The molecule has 0 unspecified atom stereocenters. The normalized spacial score (nSPS) is 10.5. The highest BCUT2D eigenvalue weighted by Crippen LogP contribution is 2.21. The maximum Gasteiger partial charge on any atom is 0.185 e. The summed E-state index contributed by atoms with van der Waals surface area (Å²) in [7, 11) is 0. The first-order valence-electron chi connectivity index (χ1n) is 5.79. The van der Waals surface area contributed by atoms with Crippen LogP contribution in [0.25, 0.3) is 0 Å². The molecule has 2 aromatic carbocycles. The van der Waals surface area contributed by atoms with Crippen molar-refractivity contribution in [3.05, 3.63) is 72.3 Å². The minimum atomic E-state index is 0.00348. The van der Waals surface area contributed by atoms with Crippen molar-refractivity contribution in [3.8, 4) is 11.5 Å². The van der Waals surface area contributed by atoms with Gasteiger partial charge < -0.3 is 4.74 Å². The van der Waals surface area contributed by atoms with Crippen LogP contribution in [0.5, 0.6) is 11.5 Å². The number of para-hydroxylation sites is 1. The summed E-state index contributed by atoms with van der Waals surface area (Å²) >= 11 is 0. The van der Waals surface area contributed by atoms with E-state index in [1.807, 2.05) is 37.3 Å². The highest BCUT2D eigenvalue weighted by Gasteiger charge is 2.02. The van der Waals surface area contributed by atoms with Gasteiger partial charge in [-0.2, -0.15) is 0 Å². The Labute approximate surface area is 107 Å². The number of hydrogen-bond donors (Lipinski definition) is 0. The van der Waals surface area contributed by atoms with Crippen LogP contribution in [0.4, 0.5) is 0 Å². The van der Waals surface area contributed by atoms with Crippen molar-refractivity contribution in [2.75, 3.05) is 0 Å². The van der Waals surface area contributed by atoms with Crippen LogP contribution in [0.1, 0.15) is 17.3 Å². The summed E-state index contributed by atoms with van der Waals surface area (Å²) in [6.45, 7) is 1.82. The predicted molar refractivity (Wildman–Crippen MR) is 72.1 cm³/mol. The third kappa shape index (κ3) is 3.08. The molecule has 0 saturated heterocycles. The van der Waals surface area contributed by atoms with Gasteiger partial charge in [-0.3, -0.25) is 4.79 Å². The maximum atomic E-state index is 11.6. The highest BCUT2D eigenvalue weighted by molar-refractivity contribution is 6.04. The number of benzene rings is 2. The number of ether oxygens (including phenoxy) is 1. The Morgan fingerprint density at radius 1 is 0.944 bits per heavy atom. The van der Waals surface area contributed by atoms with Gasteiger partial charge in [0.2, 0.25) is 0 Å². The number of carbonyl (C=O) groups is 1. The smallest absolute Gasteiger partial charge is 0.185 e. The van der Waals surface area contributed by atoms with Gasteiger partial charge >= 0.3 is 0 Å². The van der Waals surface area contributed by atoms with Crippen molar-refractivity contribution in [2.45, 2.75) is 6.92 Å². The van der Waals surface area contributed by atoms with Gasteiger partial charge in [0, 0.05) is 5.56 Å². The monoisotopic (exact) mass is 238 g/mol. The Morgan fingerprint density at radius 3 is 2.17 bits per heavy atom. The van der Waals surface area contributed by atoms with E-state index in [1.165, 1.54) is 0 Å². The largest absolute Gasteiger partial charge is 0.457 e. The topological polar surface area (TPSA) is 26.3 Å². The SMILES string of the molecule is CC=CC(=O)c1ccc(Oc2ccccc2)cc1. The first-order chi connectivity index (χ1) is 8.79. The second-order valence-electron chi connectivity index (χ2n) is 3.80. The Kier molecular flexibility index (Phi) is 3.92. The molecule has 90 valence electrons. The standard InChI is InChI=1S/C16H14O2/c1-2-6-16(17)13-9-11-15(12-10-13)18-14-7-4-3-5-8-14/h2-12H,1H3.